The molecular weight excluding hydrogens is 210 g/mol. The second kappa shape index (κ2) is 4.91. The number of rotatable bonds is 5. The summed E-state index contributed by atoms with van der Waals surface area (Å²) in [6.07, 6.45) is 3.65. The summed E-state index contributed by atoms with van der Waals surface area (Å²) in [6, 6.07) is 6.59. The van der Waals surface area contributed by atoms with Gasteiger partial charge in [-0.2, -0.15) is 0 Å². The molecule has 0 radical (unpaired) electrons. The quantitative estimate of drug-likeness (QED) is 0.724. The van der Waals surface area contributed by atoms with Crippen LogP contribution in [-0.2, 0) is 0 Å². The molecule has 0 saturated heterocycles. The third-order valence-electron chi connectivity index (χ3n) is 3.39. The Morgan fingerprint density at radius 1 is 1.41 bits per heavy atom. The van der Waals surface area contributed by atoms with Crippen molar-refractivity contribution in [1.29, 1.82) is 0 Å². The first kappa shape index (κ1) is 12.2. The maximum Gasteiger partial charge on any atom is 0.152 e. The lowest BCUT2D eigenvalue weighted by Gasteiger charge is -2.30. The maximum absolute atomic E-state index is 11.2. The average Bonchev–Trinajstić information content (AvgIpc) is 3.09. The molecule has 0 spiro atoms. The van der Waals surface area contributed by atoms with Crippen LogP contribution in [0.3, 0.4) is 0 Å². The number of aryl methyl sites for hydroxylation is 1. The first-order valence-electron chi connectivity index (χ1n) is 6.44. The molecular formula is C15H21NO. The van der Waals surface area contributed by atoms with Crippen LogP contribution in [0.25, 0.3) is 0 Å². The van der Waals surface area contributed by atoms with Crippen molar-refractivity contribution in [1.82, 2.24) is 0 Å². The van der Waals surface area contributed by atoms with Crippen molar-refractivity contribution in [3.63, 3.8) is 0 Å². The van der Waals surface area contributed by atoms with Crippen LogP contribution >= 0.6 is 0 Å². The van der Waals surface area contributed by atoms with Crippen molar-refractivity contribution < 1.29 is 4.79 Å². The van der Waals surface area contributed by atoms with Crippen molar-refractivity contribution in [2.24, 2.45) is 5.92 Å². The fraction of sp³-hybridized carbons (Fsp3) is 0.533. The molecule has 1 aromatic rings. The normalized spacial score (nSPS) is 15.1. The molecule has 0 aliphatic heterocycles. The van der Waals surface area contributed by atoms with E-state index in [2.05, 4.69) is 30.9 Å². The molecule has 2 rings (SSSR count). The molecule has 0 bridgehead atoms. The van der Waals surface area contributed by atoms with Crippen LogP contribution in [0.4, 0.5) is 5.69 Å². The van der Waals surface area contributed by atoms with E-state index in [4.69, 9.17) is 0 Å². The zero-order valence-electron chi connectivity index (χ0n) is 10.9. The lowest BCUT2D eigenvalue weighted by Crippen LogP contribution is -2.33. The van der Waals surface area contributed by atoms with Gasteiger partial charge in [0, 0.05) is 23.8 Å². The van der Waals surface area contributed by atoms with E-state index in [1.54, 1.807) is 0 Å². The predicted molar refractivity (Wildman–Crippen MR) is 71.8 cm³/mol. The number of nitrogens with zero attached hydrogens (tertiary/aromatic N) is 1. The van der Waals surface area contributed by atoms with Crippen LogP contribution in [0.5, 0.6) is 0 Å². The van der Waals surface area contributed by atoms with Crippen LogP contribution in [-0.4, -0.2) is 18.9 Å². The number of hydrogen-bond donors (Lipinski definition) is 0. The van der Waals surface area contributed by atoms with E-state index in [1.165, 1.54) is 12.8 Å². The van der Waals surface area contributed by atoms with E-state index >= 15 is 0 Å². The summed E-state index contributed by atoms with van der Waals surface area (Å²) in [6.45, 7) is 7.49. The average molecular weight is 231 g/mol. The first-order chi connectivity index (χ1) is 8.11. The Balaban J connectivity index is 2.30. The Hall–Kier alpha value is -1.31. The van der Waals surface area contributed by atoms with E-state index in [0.717, 1.165) is 35.6 Å². The van der Waals surface area contributed by atoms with E-state index in [-0.39, 0.29) is 0 Å². The number of anilines is 1. The van der Waals surface area contributed by atoms with Gasteiger partial charge < -0.3 is 4.90 Å². The number of hydrogen-bond acceptors (Lipinski definition) is 2. The summed E-state index contributed by atoms with van der Waals surface area (Å²) in [7, 11) is 0. The standard InChI is InChI=1S/C15H21NO/c1-11(2)16(9-13-5-6-13)15-7-4-12(3)8-14(15)10-17/h4,7-8,10-11,13H,5-6,9H2,1-3H3. The molecule has 0 amide bonds. The van der Waals surface area contributed by atoms with Crippen LogP contribution in [0.1, 0.15) is 42.6 Å². The molecule has 1 saturated carbocycles. The minimum absolute atomic E-state index is 0.442. The lowest BCUT2D eigenvalue weighted by molar-refractivity contribution is 0.112. The highest BCUT2D eigenvalue weighted by Gasteiger charge is 2.26. The molecule has 17 heavy (non-hydrogen) atoms. The summed E-state index contributed by atoms with van der Waals surface area (Å²) < 4.78 is 0. The second-order valence-corrected chi connectivity index (χ2v) is 5.37. The van der Waals surface area contributed by atoms with E-state index in [0.29, 0.717) is 6.04 Å². The first-order valence-corrected chi connectivity index (χ1v) is 6.44. The second-order valence-electron chi connectivity index (χ2n) is 5.37. The van der Waals surface area contributed by atoms with Crippen LogP contribution in [0, 0.1) is 12.8 Å². The highest BCUT2D eigenvalue weighted by Crippen LogP contribution is 2.33. The fourth-order valence-corrected chi connectivity index (χ4v) is 2.20. The van der Waals surface area contributed by atoms with Gasteiger partial charge in [0.2, 0.25) is 0 Å². The highest BCUT2D eigenvalue weighted by atomic mass is 16.1. The zero-order valence-corrected chi connectivity index (χ0v) is 10.9. The van der Waals surface area contributed by atoms with Crippen LogP contribution in [0.2, 0.25) is 0 Å². The van der Waals surface area contributed by atoms with E-state index in [9.17, 15) is 4.79 Å². The Labute approximate surface area is 104 Å². The Morgan fingerprint density at radius 3 is 2.65 bits per heavy atom. The fourth-order valence-electron chi connectivity index (χ4n) is 2.20. The molecule has 1 fully saturated rings. The lowest BCUT2D eigenvalue weighted by atomic mass is 10.1. The van der Waals surface area contributed by atoms with Gasteiger partial charge in [-0.3, -0.25) is 4.79 Å². The summed E-state index contributed by atoms with van der Waals surface area (Å²) in [5.74, 6) is 0.832. The Kier molecular flexibility index (Phi) is 3.51. The van der Waals surface area contributed by atoms with Gasteiger partial charge in [0.25, 0.3) is 0 Å². The maximum atomic E-state index is 11.2. The highest BCUT2D eigenvalue weighted by molar-refractivity contribution is 5.85. The van der Waals surface area contributed by atoms with Crippen LogP contribution in [0.15, 0.2) is 18.2 Å². The molecule has 92 valence electrons. The minimum atomic E-state index is 0.442. The van der Waals surface area contributed by atoms with Crippen molar-refractivity contribution in [3.05, 3.63) is 29.3 Å². The molecule has 0 atom stereocenters. The monoisotopic (exact) mass is 231 g/mol. The minimum Gasteiger partial charge on any atom is -0.368 e. The van der Waals surface area contributed by atoms with E-state index < -0.39 is 0 Å². The van der Waals surface area contributed by atoms with Gasteiger partial charge in [-0.15, -0.1) is 0 Å². The molecule has 1 aliphatic rings. The predicted octanol–water partition coefficient (Wildman–Crippen LogP) is 3.43. The molecule has 0 aromatic heterocycles. The van der Waals surface area contributed by atoms with Crippen molar-refractivity contribution >= 4 is 12.0 Å². The van der Waals surface area contributed by atoms with Gasteiger partial charge >= 0.3 is 0 Å². The van der Waals surface area contributed by atoms with Gasteiger partial charge in [0.1, 0.15) is 0 Å². The topological polar surface area (TPSA) is 20.3 Å². The third kappa shape index (κ3) is 2.87. The van der Waals surface area contributed by atoms with Gasteiger partial charge in [0.05, 0.1) is 0 Å². The summed E-state index contributed by atoms with van der Waals surface area (Å²) >= 11 is 0. The van der Waals surface area contributed by atoms with Gasteiger partial charge in [0.15, 0.2) is 6.29 Å². The number of aldehydes is 1. The molecule has 1 aromatic carbocycles. The summed E-state index contributed by atoms with van der Waals surface area (Å²) in [5, 5.41) is 0. The third-order valence-corrected chi connectivity index (χ3v) is 3.39. The van der Waals surface area contributed by atoms with Crippen molar-refractivity contribution in [3.8, 4) is 0 Å². The SMILES string of the molecule is Cc1ccc(N(CC2CC2)C(C)C)c(C=O)c1. The molecule has 2 heteroatoms. The van der Waals surface area contributed by atoms with Crippen molar-refractivity contribution in [2.45, 2.75) is 39.7 Å². The smallest absolute Gasteiger partial charge is 0.152 e. The molecule has 0 N–H and O–H groups in total. The van der Waals surface area contributed by atoms with Crippen LogP contribution < -0.4 is 4.90 Å². The molecule has 1 aliphatic carbocycles. The molecule has 2 nitrogen and oxygen atoms in total. The number of carbonyl (C=O) groups excluding carboxylic acids is 1. The van der Waals surface area contributed by atoms with Gasteiger partial charge in [-0.1, -0.05) is 11.6 Å². The zero-order chi connectivity index (χ0) is 12.4. The Morgan fingerprint density at radius 2 is 2.12 bits per heavy atom. The summed E-state index contributed by atoms with van der Waals surface area (Å²) in [5.41, 5.74) is 3.05. The van der Waals surface area contributed by atoms with Crippen molar-refractivity contribution in [2.75, 3.05) is 11.4 Å². The van der Waals surface area contributed by atoms with E-state index in [1.807, 2.05) is 13.0 Å². The van der Waals surface area contributed by atoms with Gasteiger partial charge in [-0.05, 0) is 51.7 Å². The number of benzene rings is 1. The summed E-state index contributed by atoms with van der Waals surface area (Å²) in [4.78, 5) is 13.5. The molecule has 0 heterocycles. The molecule has 0 unspecified atom stereocenters. The number of carbonyl (C=O) groups is 1. The Bertz CT molecular complexity index is 407. The van der Waals surface area contributed by atoms with Gasteiger partial charge in [-0.25, -0.2) is 0 Å². The largest absolute Gasteiger partial charge is 0.368 e.